The number of esters is 1. The standard InChI is InChI=1S/C18H23N3O8/c1-26-17(25)10-3-5-12(6-4-10)21-7-11(19-20-21)9-28-16-14(23)13(8-22)29-18(27-2)15(16)24/h3-7,13-16,18,22-24H,8-9H2,1-2H3/t13-,14+,15-,16+,18-/m1/s1. The molecule has 2 aromatic rings. The van der Waals surface area contributed by atoms with E-state index in [4.69, 9.17) is 14.2 Å². The Morgan fingerprint density at radius 1 is 1.21 bits per heavy atom. The van der Waals surface area contributed by atoms with Crippen molar-refractivity contribution in [3.05, 3.63) is 41.7 Å². The van der Waals surface area contributed by atoms with E-state index in [1.165, 1.54) is 18.9 Å². The Hall–Kier alpha value is -2.41. The molecule has 11 heteroatoms. The molecule has 0 unspecified atom stereocenters. The summed E-state index contributed by atoms with van der Waals surface area (Å²) in [7, 11) is 2.65. The number of aliphatic hydroxyl groups excluding tert-OH is 3. The van der Waals surface area contributed by atoms with Gasteiger partial charge < -0.3 is 34.3 Å². The second-order valence-corrected chi connectivity index (χ2v) is 6.41. The van der Waals surface area contributed by atoms with E-state index < -0.39 is 43.3 Å². The van der Waals surface area contributed by atoms with Gasteiger partial charge in [0.25, 0.3) is 0 Å². The Bertz CT molecular complexity index is 796. The molecule has 0 bridgehead atoms. The lowest BCUT2D eigenvalue weighted by Crippen LogP contribution is -2.59. The second-order valence-electron chi connectivity index (χ2n) is 6.41. The molecule has 2 heterocycles. The lowest BCUT2D eigenvalue weighted by atomic mass is 9.99. The van der Waals surface area contributed by atoms with E-state index >= 15 is 0 Å². The van der Waals surface area contributed by atoms with E-state index in [1.54, 1.807) is 30.5 Å². The molecule has 1 aliphatic rings. The summed E-state index contributed by atoms with van der Waals surface area (Å²) in [5.74, 6) is -0.437. The molecule has 11 nitrogen and oxygen atoms in total. The Morgan fingerprint density at radius 3 is 2.55 bits per heavy atom. The van der Waals surface area contributed by atoms with Crippen molar-refractivity contribution in [3.63, 3.8) is 0 Å². The topological polar surface area (TPSA) is 145 Å². The zero-order valence-corrected chi connectivity index (χ0v) is 15.9. The van der Waals surface area contributed by atoms with Gasteiger partial charge in [-0.25, -0.2) is 9.48 Å². The molecule has 0 aliphatic carbocycles. The average molecular weight is 409 g/mol. The number of rotatable bonds is 7. The van der Waals surface area contributed by atoms with Crippen molar-refractivity contribution < 1.29 is 39.1 Å². The molecular weight excluding hydrogens is 386 g/mol. The zero-order chi connectivity index (χ0) is 21.0. The average Bonchev–Trinajstić information content (AvgIpc) is 3.22. The third-order valence-corrected chi connectivity index (χ3v) is 4.57. The van der Waals surface area contributed by atoms with Crippen LogP contribution in [0.25, 0.3) is 5.69 Å². The first-order valence-corrected chi connectivity index (χ1v) is 8.85. The van der Waals surface area contributed by atoms with Crippen molar-refractivity contribution in [1.29, 1.82) is 0 Å². The molecule has 1 saturated heterocycles. The van der Waals surface area contributed by atoms with Gasteiger partial charge in [0.15, 0.2) is 6.29 Å². The minimum Gasteiger partial charge on any atom is -0.465 e. The maximum atomic E-state index is 11.5. The molecular formula is C18H23N3O8. The molecule has 0 saturated carbocycles. The third kappa shape index (κ3) is 4.61. The number of ether oxygens (including phenoxy) is 4. The molecule has 0 radical (unpaired) electrons. The Morgan fingerprint density at radius 2 is 1.93 bits per heavy atom. The highest BCUT2D eigenvalue weighted by Gasteiger charge is 2.45. The number of hydrogen-bond donors (Lipinski definition) is 3. The monoisotopic (exact) mass is 409 g/mol. The van der Waals surface area contributed by atoms with E-state index in [2.05, 4.69) is 15.0 Å². The highest BCUT2D eigenvalue weighted by atomic mass is 16.7. The van der Waals surface area contributed by atoms with Crippen LogP contribution in [0, 0.1) is 0 Å². The Labute approximate surface area is 166 Å². The highest BCUT2D eigenvalue weighted by molar-refractivity contribution is 5.89. The molecule has 1 aromatic heterocycles. The summed E-state index contributed by atoms with van der Waals surface area (Å²) in [5, 5.41) is 37.9. The quantitative estimate of drug-likeness (QED) is 0.488. The van der Waals surface area contributed by atoms with Crippen molar-refractivity contribution >= 4 is 5.97 Å². The summed E-state index contributed by atoms with van der Waals surface area (Å²) in [6.07, 6.45) is -3.92. The minimum atomic E-state index is -1.25. The molecule has 3 rings (SSSR count). The zero-order valence-electron chi connectivity index (χ0n) is 15.9. The Kier molecular flexibility index (Phi) is 6.90. The maximum absolute atomic E-state index is 11.5. The van der Waals surface area contributed by atoms with Gasteiger partial charge in [0, 0.05) is 7.11 Å². The molecule has 0 amide bonds. The number of carbonyl (C=O) groups is 1. The van der Waals surface area contributed by atoms with Crippen LogP contribution in [0.1, 0.15) is 16.1 Å². The van der Waals surface area contributed by atoms with Gasteiger partial charge in [-0.2, -0.15) is 0 Å². The molecule has 1 aliphatic heterocycles. The van der Waals surface area contributed by atoms with Crippen molar-refractivity contribution in [3.8, 4) is 5.69 Å². The van der Waals surface area contributed by atoms with Gasteiger partial charge in [-0.1, -0.05) is 5.21 Å². The SMILES string of the molecule is COC(=O)c1ccc(-n2cc(CO[C@H]3[C@@H](O)[C@@H](CO)O[C@@H](OC)[C@@H]3O)nn2)cc1. The van der Waals surface area contributed by atoms with E-state index in [9.17, 15) is 20.1 Å². The van der Waals surface area contributed by atoms with Crippen LogP contribution in [-0.4, -0.2) is 87.8 Å². The second kappa shape index (κ2) is 9.39. The number of nitrogens with zero attached hydrogens (tertiary/aromatic N) is 3. The summed E-state index contributed by atoms with van der Waals surface area (Å²) < 4.78 is 22.1. The largest absolute Gasteiger partial charge is 0.465 e. The number of carbonyl (C=O) groups excluding carboxylic acids is 1. The van der Waals surface area contributed by atoms with E-state index in [1.807, 2.05) is 0 Å². The predicted molar refractivity (Wildman–Crippen MR) is 96.0 cm³/mol. The van der Waals surface area contributed by atoms with E-state index in [0.717, 1.165) is 0 Å². The third-order valence-electron chi connectivity index (χ3n) is 4.57. The minimum absolute atomic E-state index is 0.0480. The van der Waals surface area contributed by atoms with Crippen LogP contribution in [0.15, 0.2) is 30.5 Å². The van der Waals surface area contributed by atoms with Crippen molar-refractivity contribution in [1.82, 2.24) is 15.0 Å². The summed E-state index contributed by atoms with van der Waals surface area (Å²) in [6.45, 7) is -0.501. The van der Waals surface area contributed by atoms with Crippen LogP contribution in [0.4, 0.5) is 0 Å². The predicted octanol–water partition coefficient (Wildman–Crippen LogP) is -0.975. The lowest BCUT2D eigenvalue weighted by molar-refractivity contribution is -0.303. The van der Waals surface area contributed by atoms with Crippen molar-refractivity contribution in [2.45, 2.75) is 37.3 Å². The van der Waals surface area contributed by atoms with Crippen molar-refractivity contribution in [2.24, 2.45) is 0 Å². The normalized spacial score (nSPS) is 27.0. The summed E-state index contributed by atoms with van der Waals surface area (Å²) >= 11 is 0. The molecule has 1 aromatic carbocycles. The number of methoxy groups -OCH3 is 2. The molecule has 0 spiro atoms. The van der Waals surface area contributed by atoms with Gasteiger partial charge in [-0.05, 0) is 24.3 Å². The first-order chi connectivity index (χ1) is 14.0. The molecule has 1 fully saturated rings. The molecule has 3 N–H and O–H groups in total. The number of hydrogen-bond acceptors (Lipinski definition) is 10. The fourth-order valence-corrected chi connectivity index (χ4v) is 2.99. The fourth-order valence-electron chi connectivity index (χ4n) is 2.99. The fraction of sp³-hybridized carbons (Fsp3) is 0.500. The van der Waals surface area contributed by atoms with E-state index in [0.29, 0.717) is 16.9 Å². The van der Waals surface area contributed by atoms with Crippen LogP contribution in [0.5, 0.6) is 0 Å². The highest BCUT2D eigenvalue weighted by Crippen LogP contribution is 2.24. The molecule has 5 atom stereocenters. The van der Waals surface area contributed by atoms with Gasteiger partial charge in [-0.3, -0.25) is 0 Å². The van der Waals surface area contributed by atoms with Crippen LogP contribution in [-0.2, 0) is 25.6 Å². The number of benzene rings is 1. The van der Waals surface area contributed by atoms with Crippen molar-refractivity contribution in [2.75, 3.05) is 20.8 Å². The number of aromatic nitrogens is 3. The van der Waals surface area contributed by atoms with Gasteiger partial charge in [0.1, 0.15) is 30.1 Å². The summed E-state index contributed by atoms with van der Waals surface area (Å²) in [5.41, 5.74) is 1.53. The van der Waals surface area contributed by atoms with Crippen LogP contribution in [0.2, 0.25) is 0 Å². The van der Waals surface area contributed by atoms with Gasteiger partial charge in [0.2, 0.25) is 0 Å². The van der Waals surface area contributed by atoms with Crippen LogP contribution in [0.3, 0.4) is 0 Å². The lowest BCUT2D eigenvalue weighted by Gasteiger charge is -2.41. The number of aliphatic hydroxyl groups is 3. The smallest absolute Gasteiger partial charge is 0.337 e. The van der Waals surface area contributed by atoms with Gasteiger partial charge in [0.05, 0.1) is 37.8 Å². The first-order valence-electron chi connectivity index (χ1n) is 8.85. The summed E-state index contributed by atoms with van der Waals surface area (Å²) in [6, 6.07) is 6.58. The summed E-state index contributed by atoms with van der Waals surface area (Å²) in [4.78, 5) is 11.5. The van der Waals surface area contributed by atoms with Gasteiger partial charge in [-0.15, -0.1) is 5.10 Å². The Balaban J connectivity index is 1.66. The van der Waals surface area contributed by atoms with Crippen LogP contribution >= 0.6 is 0 Å². The van der Waals surface area contributed by atoms with E-state index in [-0.39, 0.29) is 6.61 Å². The molecule has 158 valence electrons. The van der Waals surface area contributed by atoms with Crippen LogP contribution < -0.4 is 0 Å². The van der Waals surface area contributed by atoms with Gasteiger partial charge >= 0.3 is 5.97 Å². The maximum Gasteiger partial charge on any atom is 0.337 e. The first kappa shape index (κ1) is 21.3. The molecule has 29 heavy (non-hydrogen) atoms.